The third kappa shape index (κ3) is 2.14. The summed E-state index contributed by atoms with van der Waals surface area (Å²) in [7, 11) is 0. The van der Waals surface area contributed by atoms with Crippen molar-refractivity contribution < 1.29 is 0 Å². The van der Waals surface area contributed by atoms with Gasteiger partial charge in [0.2, 0.25) is 0 Å². The highest BCUT2D eigenvalue weighted by Crippen LogP contribution is 2.37. The molecule has 0 saturated heterocycles. The molecule has 0 radical (unpaired) electrons. The maximum atomic E-state index is 6.20. The number of thiophene rings is 1. The van der Waals surface area contributed by atoms with Crippen LogP contribution in [-0.4, -0.2) is 9.97 Å². The SMILES string of the molecule is Cc1sc(-c2nc(Cl)c3c(n2)CSC3)cc1Br. The minimum absolute atomic E-state index is 0.608. The van der Waals surface area contributed by atoms with E-state index in [-0.39, 0.29) is 0 Å². The van der Waals surface area contributed by atoms with Gasteiger partial charge in [0.25, 0.3) is 0 Å². The molecular weight excluding hydrogens is 340 g/mol. The van der Waals surface area contributed by atoms with Gasteiger partial charge >= 0.3 is 0 Å². The van der Waals surface area contributed by atoms with E-state index >= 15 is 0 Å². The number of aryl methyl sites for hydroxylation is 1. The molecule has 1 aliphatic rings. The Labute approximate surface area is 121 Å². The van der Waals surface area contributed by atoms with Crippen LogP contribution in [0.25, 0.3) is 10.7 Å². The Morgan fingerprint density at radius 3 is 2.88 bits per heavy atom. The van der Waals surface area contributed by atoms with Crippen LogP contribution in [-0.2, 0) is 11.5 Å². The fraction of sp³-hybridized carbons (Fsp3) is 0.273. The summed E-state index contributed by atoms with van der Waals surface area (Å²) in [5.74, 6) is 2.62. The Kier molecular flexibility index (Phi) is 3.19. The topological polar surface area (TPSA) is 25.8 Å². The van der Waals surface area contributed by atoms with Crippen LogP contribution in [0.5, 0.6) is 0 Å². The van der Waals surface area contributed by atoms with E-state index in [0.29, 0.717) is 5.15 Å². The molecule has 0 bridgehead atoms. The van der Waals surface area contributed by atoms with E-state index in [1.807, 2.05) is 11.8 Å². The largest absolute Gasteiger partial charge is 0.231 e. The van der Waals surface area contributed by atoms with E-state index in [1.165, 1.54) is 4.88 Å². The van der Waals surface area contributed by atoms with Crippen LogP contribution in [0, 0.1) is 6.92 Å². The molecule has 0 unspecified atom stereocenters. The quantitative estimate of drug-likeness (QED) is 0.701. The maximum absolute atomic E-state index is 6.20. The first-order valence-electron chi connectivity index (χ1n) is 5.04. The van der Waals surface area contributed by atoms with Crippen molar-refractivity contribution in [2.24, 2.45) is 0 Å². The first-order valence-corrected chi connectivity index (χ1v) is 8.18. The molecule has 3 heterocycles. The second kappa shape index (κ2) is 4.53. The first kappa shape index (κ1) is 12.0. The molecule has 2 aromatic rings. The third-order valence-corrected chi connectivity index (χ3v) is 6.02. The maximum Gasteiger partial charge on any atom is 0.171 e. The van der Waals surface area contributed by atoms with E-state index in [0.717, 1.165) is 37.9 Å². The number of thioether (sulfide) groups is 1. The number of rotatable bonds is 1. The number of nitrogens with zero attached hydrogens (tertiary/aromatic N) is 2. The van der Waals surface area contributed by atoms with E-state index in [1.54, 1.807) is 11.3 Å². The van der Waals surface area contributed by atoms with Crippen molar-refractivity contribution in [1.82, 2.24) is 9.97 Å². The van der Waals surface area contributed by atoms with Gasteiger partial charge in [0.05, 0.1) is 10.6 Å². The van der Waals surface area contributed by atoms with Gasteiger partial charge in [0.15, 0.2) is 5.82 Å². The zero-order valence-electron chi connectivity index (χ0n) is 8.96. The predicted octanol–water partition coefficient (Wildman–Crippen LogP) is 4.68. The van der Waals surface area contributed by atoms with Crippen molar-refractivity contribution >= 4 is 50.6 Å². The smallest absolute Gasteiger partial charge is 0.171 e. The Morgan fingerprint density at radius 1 is 1.35 bits per heavy atom. The van der Waals surface area contributed by atoms with Crippen molar-refractivity contribution in [3.05, 3.63) is 31.8 Å². The summed E-state index contributed by atoms with van der Waals surface area (Å²) in [6.07, 6.45) is 0. The molecule has 0 atom stereocenters. The van der Waals surface area contributed by atoms with Crippen molar-refractivity contribution in [3.8, 4) is 10.7 Å². The van der Waals surface area contributed by atoms with Crippen LogP contribution in [0.15, 0.2) is 10.5 Å². The molecule has 6 heteroatoms. The average Bonchev–Trinajstić information content (AvgIpc) is 2.87. The number of fused-ring (bicyclic) bond motifs is 1. The summed E-state index contributed by atoms with van der Waals surface area (Å²) in [6, 6.07) is 2.06. The highest BCUT2D eigenvalue weighted by atomic mass is 79.9. The zero-order chi connectivity index (χ0) is 12.0. The normalized spacial score (nSPS) is 14.1. The van der Waals surface area contributed by atoms with Crippen LogP contribution in [0.1, 0.15) is 16.1 Å². The summed E-state index contributed by atoms with van der Waals surface area (Å²) in [5.41, 5.74) is 2.19. The predicted molar refractivity (Wildman–Crippen MR) is 77.8 cm³/mol. The highest BCUT2D eigenvalue weighted by molar-refractivity contribution is 9.10. The average molecular weight is 348 g/mol. The minimum atomic E-state index is 0.608. The number of hydrogen-bond donors (Lipinski definition) is 0. The standard InChI is InChI=1S/C11H8BrClN2S2/c1-5-7(12)2-9(17-5)11-14-8-4-16-3-6(8)10(13)15-11/h2H,3-4H2,1H3. The number of halogens is 2. The summed E-state index contributed by atoms with van der Waals surface area (Å²) in [4.78, 5) is 11.3. The third-order valence-electron chi connectivity index (χ3n) is 2.61. The summed E-state index contributed by atoms with van der Waals surface area (Å²) in [6.45, 7) is 2.07. The lowest BCUT2D eigenvalue weighted by Gasteiger charge is -2.02. The van der Waals surface area contributed by atoms with Gasteiger partial charge in [-0.05, 0) is 28.9 Å². The van der Waals surface area contributed by atoms with Gasteiger partial charge in [-0.3, -0.25) is 0 Å². The van der Waals surface area contributed by atoms with E-state index < -0.39 is 0 Å². The first-order chi connectivity index (χ1) is 8.15. The summed E-state index contributed by atoms with van der Waals surface area (Å²) < 4.78 is 1.10. The summed E-state index contributed by atoms with van der Waals surface area (Å²) >= 11 is 13.2. The molecular formula is C11H8BrClN2S2. The van der Waals surface area contributed by atoms with Crippen LogP contribution >= 0.6 is 50.6 Å². The van der Waals surface area contributed by atoms with Crippen molar-refractivity contribution in [2.45, 2.75) is 18.4 Å². The molecule has 88 valence electrons. The second-order valence-corrected chi connectivity index (χ2v) is 7.23. The Balaban J connectivity index is 2.13. The molecule has 2 aromatic heterocycles. The van der Waals surface area contributed by atoms with Crippen molar-refractivity contribution in [2.75, 3.05) is 0 Å². The number of hydrogen-bond acceptors (Lipinski definition) is 4. The van der Waals surface area contributed by atoms with E-state index in [2.05, 4.69) is 38.9 Å². The molecule has 0 fully saturated rings. The van der Waals surface area contributed by atoms with Crippen LogP contribution in [0.4, 0.5) is 0 Å². The molecule has 0 amide bonds. The molecule has 0 spiro atoms. The summed E-state index contributed by atoms with van der Waals surface area (Å²) in [5, 5.41) is 0.608. The molecule has 3 rings (SSSR count). The van der Waals surface area contributed by atoms with Gasteiger partial charge in [-0.15, -0.1) is 11.3 Å². The van der Waals surface area contributed by atoms with Crippen molar-refractivity contribution in [3.63, 3.8) is 0 Å². The zero-order valence-corrected chi connectivity index (χ0v) is 12.9. The monoisotopic (exact) mass is 346 g/mol. The Hall–Kier alpha value is -0.100. The molecule has 0 saturated carbocycles. The number of aromatic nitrogens is 2. The van der Waals surface area contributed by atoms with Gasteiger partial charge in [-0.2, -0.15) is 11.8 Å². The van der Waals surface area contributed by atoms with Gasteiger partial charge in [0, 0.05) is 26.4 Å². The molecule has 0 aliphatic carbocycles. The van der Waals surface area contributed by atoms with Gasteiger partial charge in [-0.1, -0.05) is 11.6 Å². The van der Waals surface area contributed by atoms with Crippen molar-refractivity contribution in [1.29, 1.82) is 0 Å². The molecule has 17 heavy (non-hydrogen) atoms. The van der Waals surface area contributed by atoms with Gasteiger partial charge in [-0.25, -0.2) is 9.97 Å². The minimum Gasteiger partial charge on any atom is -0.231 e. The fourth-order valence-corrected chi connectivity index (χ4v) is 4.54. The molecule has 2 nitrogen and oxygen atoms in total. The van der Waals surface area contributed by atoms with Crippen LogP contribution < -0.4 is 0 Å². The van der Waals surface area contributed by atoms with Crippen LogP contribution in [0.2, 0.25) is 5.15 Å². The van der Waals surface area contributed by atoms with Gasteiger partial charge in [0.1, 0.15) is 5.15 Å². The molecule has 0 N–H and O–H groups in total. The van der Waals surface area contributed by atoms with Gasteiger partial charge < -0.3 is 0 Å². The second-order valence-electron chi connectivity index (χ2n) is 3.77. The Morgan fingerprint density at radius 2 is 2.18 bits per heavy atom. The molecule has 1 aliphatic heterocycles. The lowest BCUT2D eigenvalue weighted by atomic mass is 10.2. The highest BCUT2D eigenvalue weighted by Gasteiger charge is 2.20. The Bertz CT molecular complexity index is 578. The lowest BCUT2D eigenvalue weighted by molar-refractivity contribution is 1.08. The lowest BCUT2D eigenvalue weighted by Crippen LogP contribution is -1.96. The van der Waals surface area contributed by atoms with E-state index in [9.17, 15) is 0 Å². The molecule has 0 aromatic carbocycles. The van der Waals surface area contributed by atoms with E-state index in [4.69, 9.17) is 11.6 Å². The fourth-order valence-electron chi connectivity index (χ4n) is 1.69. The van der Waals surface area contributed by atoms with Crippen LogP contribution in [0.3, 0.4) is 0 Å².